The van der Waals surface area contributed by atoms with E-state index in [0.29, 0.717) is 0 Å². The maximum atomic E-state index is 12.4. The summed E-state index contributed by atoms with van der Waals surface area (Å²) in [6.07, 6.45) is -4.47. The van der Waals surface area contributed by atoms with Crippen LogP contribution >= 0.6 is 0 Å². The fourth-order valence-electron chi connectivity index (χ4n) is 1.61. The highest BCUT2D eigenvalue weighted by atomic mass is 19.4. The zero-order chi connectivity index (χ0) is 12.8. The Morgan fingerprint density at radius 3 is 2.47 bits per heavy atom. The zero-order valence-electron chi connectivity index (χ0n) is 8.32. The van der Waals surface area contributed by atoms with Crippen LogP contribution in [-0.4, -0.2) is 15.7 Å². The SMILES string of the molecule is NC(=O)n1c(O)cc2cc(C(F)(F)F)ccc21. The number of fused-ring (bicyclic) bond motifs is 1. The Morgan fingerprint density at radius 1 is 1.29 bits per heavy atom. The van der Waals surface area contributed by atoms with E-state index < -0.39 is 23.7 Å². The van der Waals surface area contributed by atoms with Crippen LogP contribution in [0.5, 0.6) is 5.88 Å². The fourth-order valence-corrected chi connectivity index (χ4v) is 1.61. The molecule has 1 aromatic carbocycles. The number of alkyl halides is 3. The van der Waals surface area contributed by atoms with Gasteiger partial charge in [0.2, 0.25) is 0 Å². The van der Waals surface area contributed by atoms with Crippen LogP contribution < -0.4 is 5.73 Å². The first-order chi connectivity index (χ1) is 7.80. The molecule has 17 heavy (non-hydrogen) atoms. The average molecular weight is 244 g/mol. The van der Waals surface area contributed by atoms with E-state index >= 15 is 0 Å². The number of hydrogen-bond acceptors (Lipinski definition) is 2. The van der Waals surface area contributed by atoms with Gasteiger partial charge in [0.25, 0.3) is 0 Å². The molecule has 1 heterocycles. The molecule has 0 spiro atoms. The normalized spacial score (nSPS) is 11.9. The third-order valence-corrected chi connectivity index (χ3v) is 2.33. The predicted molar refractivity (Wildman–Crippen MR) is 53.6 cm³/mol. The van der Waals surface area contributed by atoms with Crippen molar-refractivity contribution in [2.75, 3.05) is 0 Å². The maximum absolute atomic E-state index is 12.4. The summed E-state index contributed by atoms with van der Waals surface area (Å²) in [5.41, 5.74) is 4.26. The van der Waals surface area contributed by atoms with E-state index in [0.717, 1.165) is 28.8 Å². The molecule has 1 aromatic heterocycles. The minimum atomic E-state index is -4.47. The maximum Gasteiger partial charge on any atom is 0.416 e. The number of nitrogens with zero attached hydrogens (tertiary/aromatic N) is 1. The molecule has 0 atom stereocenters. The van der Waals surface area contributed by atoms with Crippen LogP contribution in [0.3, 0.4) is 0 Å². The molecule has 3 N–H and O–H groups in total. The molecule has 0 aliphatic rings. The highest BCUT2D eigenvalue weighted by Gasteiger charge is 2.31. The number of primary amides is 1. The Balaban J connectivity index is 2.70. The van der Waals surface area contributed by atoms with E-state index in [2.05, 4.69) is 0 Å². The minimum Gasteiger partial charge on any atom is -0.494 e. The number of amides is 1. The van der Waals surface area contributed by atoms with Crippen molar-refractivity contribution in [1.29, 1.82) is 0 Å². The standard InChI is InChI=1S/C10H7F3N2O2/c11-10(12,13)6-1-2-7-5(3-6)4-8(16)15(7)9(14)17/h1-4,16H,(H2,14,17). The lowest BCUT2D eigenvalue weighted by atomic mass is 10.1. The molecule has 0 aliphatic carbocycles. The lowest BCUT2D eigenvalue weighted by molar-refractivity contribution is -0.137. The third-order valence-electron chi connectivity index (χ3n) is 2.33. The van der Waals surface area contributed by atoms with Gasteiger partial charge in [-0.25, -0.2) is 9.36 Å². The van der Waals surface area contributed by atoms with Gasteiger partial charge in [0, 0.05) is 11.5 Å². The molecular weight excluding hydrogens is 237 g/mol. The monoisotopic (exact) mass is 244 g/mol. The van der Waals surface area contributed by atoms with E-state index in [-0.39, 0.29) is 10.9 Å². The van der Waals surface area contributed by atoms with Gasteiger partial charge >= 0.3 is 12.2 Å². The third kappa shape index (κ3) is 1.79. The number of aromatic nitrogens is 1. The van der Waals surface area contributed by atoms with Gasteiger partial charge in [-0.3, -0.25) is 0 Å². The van der Waals surface area contributed by atoms with Crippen molar-refractivity contribution in [2.24, 2.45) is 5.73 Å². The Bertz CT molecular complexity index is 601. The van der Waals surface area contributed by atoms with Gasteiger partial charge in [0.1, 0.15) is 0 Å². The van der Waals surface area contributed by atoms with Gasteiger partial charge in [0.05, 0.1) is 11.1 Å². The van der Waals surface area contributed by atoms with E-state index in [1.54, 1.807) is 0 Å². The first kappa shape index (κ1) is 11.3. The van der Waals surface area contributed by atoms with E-state index in [4.69, 9.17) is 5.73 Å². The van der Waals surface area contributed by atoms with E-state index in [1.165, 1.54) is 0 Å². The van der Waals surface area contributed by atoms with Gasteiger partial charge < -0.3 is 10.8 Å². The van der Waals surface area contributed by atoms with Crippen LogP contribution in [0.4, 0.5) is 18.0 Å². The molecule has 0 radical (unpaired) electrons. The molecule has 0 saturated carbocycles. The molecule has 4 nitrogen and oxygen atoms in total. The van der Waals surface area contributed by atoms with Crippen LogP contribution in [0.2, 0.25) is 0 Å². The summed E-state index contributed by atoms with van der Waals surface area (Å²) in [6.45, 7) is 0. The lowest BCUT2D eigenvalue weighted by Gasteiger charge is -2.06. The Kier molecular flexibility index (Phi) is 2.27. The summed E-state index contributed by atoms with van der Waals surface area (Å²) in [7, 11) is 0. The summed E-state index contributed by atoms with van der Waals surface area (Å²) in [5, 5.41) is 9.47. The van der Waals surface area contributed by atoms with Crippen molar-refractivity contribution in [3.05, 3.63) is 29.8 Å². The molecule has 0 fully saturated rings. The number of aromatic hydroxyl groups is 1. The number of carbonyl (C=O) groups is 1. The quantitative estimate of drug-likeness (QED) is 0.746. The first-order valence-corrected chi connectivity index (χ1v) is 4.52. The summed E-state index contributed by atoms with van der Waals surface area (Å²) < 4.78 is 38.0. The largest absolute Gasteiger partial charge is 0.494 e. The molecule has 0 aliphatic heterocycles. The minimum absolute atomic E-state index is 0.0936. The molecule has 1 amide bonds. The summed E-state index contributed by atoms with van der Waals surface area (Å²) in [6, 6.07) is 2.84. The van der Waals surface area contributed by atoms with Crippen LogP contribution in [0.15, 0.2) is 24.3 Å². The number of hydrogen-bond donors (Lipinski definition) is 2. The van der Waals surface area contributed by atoms with Gasteiger partial charge in [-0.05, 0) is 18.2 Å². The van der Waals surface area contributed by atoms with Crippen molar-refractivity contribution in [2.45, 2.75) is 6.18 Å². The van der Waals surface area contributed by atoms with Gasteiger partial charge in [-0.15, -0.1) is 0 Å². The number of nitrogens with two attached hydrogens (primary N) is 1. The summed E-state index contributed by atoms with van der Waals surface area (Å²) in [5.74, 6) is -0.494. The lowest BCUT2D eigenvalue weighted by Crippen LogP contribution is -2.18. The number of benzene rings is 1. The Labute approximate surface area is 93.1 Å². The van der Waals surface area contributed by atoms with Crippen molar-refractivity contribution in [3.8, 4) is 5.88 Å². The molecule has 0 unspecified atom stereocenters. The van der Waals surface area contributed by atoms with Gasteiger partial charge in [-0.2, -0.15) is 13.2 Å². The second kappa shape index (κ2) is 3.41. The molecule has 2 aromatic rings. The highest BCUT2D eigenvalue weighted by Crippen LogP contribution is 2.33. The van der Waals surface area contributed by atoms with Crippen LogP contribution in [0, 0.1) is 0 Å². The summed E-state index contributed by atoms with van der Waals surface area (Å²) in [4.78, 5) is 11.0. The molecule has 0 bridgehead atoms. The van der Waals surface area contributed by atoms with E-state index in [1.807, 2.05) is 0 Å². The second-order valence-corrected chi connectivity index (χ2v) is 3.45. The number of carbonyl (C=O) groups excluding carboxylic acids is 1. The molecule has 0 saturated heterocycles. The molecular formula is C10H7F3N2O2. The number of rotatable bonds is 0. The Morgan fingerprint density at radius 2 is 1.94 bits per heavy atom. The van der Waals surface area contributed by atoms with Gasteiger partial charge in [0.15, 0.2) is 5.88 Å². The van der Waals surface area contributed by atoms with Crippen LogP contribution in [-0.2, 0) is 6.18 Å². The summed E-state index contributed by atoms with van der Waals surface area (Å²) >= 11 is 0. The predicted octanol–water partition coefficient (Wildman–Crippen LogP) is 2.29. The van der Waals surface area contributed by atoms with Crippen LogP contribution in [0.1, 0.15) is 5.56 Å². The van der Waals surface area contributed by atoms with Crippen molar-refractivity contribution in [3.63, 3.8) is 0 Å². The van der Waals surface area contributed by atoms with Crippen molar-refractivity contribution >= 4 is 16.9 Å². The fraction of sp³-hybridized carbons (Fsp3) is 0.100. The van der Waals surface area contributed by atoms with E-state index in [9.17, 15) is 23.1 Å². The van der Waals surface area contributed by atoms with Crippen molar-refractivity contribution in [1.82, 2.24) is 4.57 Å². The van der Waals surface area contributed by atoms with Gasteiger partial charge in [-0.1, -0.05) is 0 Å². The topological polar surface area (TPSA) is 68.2 Å². The molecule has 2 rings (SSSR count). The average Bonchev–Trinajstić information content (AvgIpc) is 2.50. The highest BCUT2D eigenvalue weighted by molar-refractivity contribution is 5.93. The number of halogens is 3. The van der Waals surface area contributed by atoms with Crippen LogP contribution in [0.25, 0.3) is 10.9 Å². The smallest absolute Gasteiger partial charge is 0.416 e. The van der Waals surface area contributed by atoms with Crippen molar-refractivity contribution < 1.29 is 23.1 Å². The first-order valence-electron chi connectivity index (χ1n) is 4.52. The Hall–Kier alpha value is -2.18. The molecule has 90 valence electrons. The molecule has 7 heteroatoms. The zero-order valence-corrected chi connectivity index (χ0v) is 8.32. The second-order valence-electron chi connectivity index (χ2n) is 3.45.